The molecule has 1 aliphatic rings. The highest BCUT2D eigenvalue weighted by atomic mass is 16.6. The van der Waals surface area contributed by atoms with Crippen LogP contribution in [0.2, 0.25) is 0 Å². The standard InChI is InChI=1S/C14H16O4/c1-9(15)17-13-8-7-11-5-3-4-6-12(11)14(13)18-10(2)16/h3-6,13-14H,7-8H2,1-2H3/t13-,14-/m1/s1. The van der Waals surface area contributed by atoms with Crippen LogP contribution in [0.5, 0.6) is 0 Å². The third-order valence-corrected chi connectivity index (χ3v) is 3.01. The molecule has 96 valence electrons. The van der Waals surface area contributed by atoms with Crippen LogP contribution in [0.15, 0.2) is 24.3 Å². The zero-order chi connectivity index (χ0) is 13.1. The van der Waals surface area contributed by atoms with E-state index in [1.165, 1.54) is 13.8 Å². The van der Waals surface area contributed by atoms with Gasteiger partial charge in [-0.3, -0.25) is 9.59 Å². The summed E-state index contributed by atoms with van der Waals surface area (Å²) in [6.45, 7) is 2.73. The topological polar surface area (TPSA) is 52.6 Å². The highest BCUT2D eigenvalue weighted by Crippen LogP contribution is 2.34. The van der Waals surface area contributed by atoms with Crippen molar-refractivity contribution in [3.8, 4) is 0 Å². The molecule has 0 bridgehead atoms. The molecule has 0 fully saturated rings. The first-order valence-corrected chi connectivity index (χ1v) is 6.00. The van der Waals surface area contributed by atoms with Gasteiger partial charge >= 0.3 is 11.9 Å². The van der Waals surface area contributed by atoms with Crippen molar-refractivity contribution in [2.45, 2.75) is 38.9 Å². The maximum Gasteiger partial charge on any atom is 0.303 e. The van der Waals surface area contributed by atoms with Crippen LogP contribution in [-0.4, -0.2) is 18.0 Å². The van der Waals surface area contributed by atoms with E-state index in [4.69, 9.17) is 9.47 Å². The van der Waals surface area contributed by atoms with E-state index < -0.39 is 6.10 Å². The zero-order valence-corrected chi connectivity index (χ0v) is 10.5. The molecule has 0 radical (unpaired) electrons. The molecule has 1 aliphatic carbocycles. The molecule has 4 heteroatoms. The predicted molar refractivity (Wildman–Crippen MR) is 64.8 cm³/mol. The minimum absolute atomic E-state index is 0.350. The normalized spacial score (nSPS) is 21.9. The SMILES string of the molecule is CC(=O)O[C@@H]1c2ccccc2CC[C@H]1OC(C)=O. The van der Waals surface area contributed by atoms with Gasteiger partial charge in [0.1, 0.15) is 6.10 Å². The van der Waals surface area contributed by atoms with Crippen molar-refractivity contribution < 1.29 is 19.1 Å². The molecule has 2 rings (SSSR count). The van der Waals surface area contributed by atoms with Gasteiger partial charge in [0.15, 0.2) is 6.10 Å². The van der Waals surface area contributed by atoms with E-state index in [0.29, 0.717) is 6.42 Å². The molecule has 0 unspecified atom stereocenters. The van der Waals surface area contributed by atoms with Crippen LogP contribution in [0.4, 0.5) is 0 Å². The maximum absolute atomic E-state index is 11.2. The van der Waals surface area contributed by atoms with Crippen molar-refractivity contribution in [3.63, 3.8) is 0 Å². The number of carbonyl (C=O) groups is 2. The zero-order valence-electron chi connectivity index (χ0n) is 10.5. The monoisotopic (exact) mass is 248 g/mol. The summed E-state index contributed by atoms with van der Waals surface area (Å²) in [7, 11) is 0. The van der Waals surface area contributed by atoms with E-state index in [1.54, 1.807) is 0 Å². The first-order chi connectivity index (χ1) is 8.58. The summed E-state index contributed by atoms with van der Waals surface area (Å²) in [6, 6.07) is 7.77. The molecule has 18 heavy (non-hydrogen) atoms. The van der Waals surface area contributed by atoms with Crippen LogP contribution in [0.3, 0.4) is 0 Å². The van der Waals surface area contributed by atoms with E-state index in [0.717, 1.165) is 17.5 Å². The van der Waals surface area contributed by atoms with Crippen molar-refractivity contribution >= 4 is 11.9 Å². The number of rotatable bonds is 2. The van der Waals surface area contributed by atoms with Gasteiger partial charge in [-0.05, 0) is 24.0 Å². The molecule has 2 atom stereocenters. The van der Waals surface area contributed by atoms with E-state index in [1.807, 2.05) is 24.3 Å². The first-order valence-electron chi connectivity index (χ1n) is 6.00. The molecule has 1 aromatic rings. The van der Waals surface area contributed by atoms with Crippen LogP contribution in [0.25, 0.3) is 0 Å². The van der Waals surface area contributed by atoms with Crippen LogP contribution in [-0.2, 0) is 25.5 Å². The average molecular weight is 248 g/mol. The Morgan fingerprint density at radius 3 is 2.44 bits per heavy atom. The summed E-state index contributed by atoms with van der Waals surface area (Å²) in [5.41, 5.74) is 2.08. The number of fused-ring (bicyclic) bond motifs is 1. The van der Waals surface area contributed by atoms with Crippen molar-refractivity contribution in [3.05, 3.63) is 35.4 Å². The number of aryl methyl sites for hydroxylation is 1. The second-order valence-electron chi connectivity index (χ2n) is 4.42. The van der Waals surface area contributed by atoms with Gasteiger partial charge in [-0.15, -0.1) is 0 Å². The number of carbonyl (C=O) groups excluding carboxylic acids is 2. The van der Waals surface area contributed by atoms with Crippen molar-refractivity contribution in [2.24, 2.45) is 0 Å². The second kappa shape index (κ2) is 5.21. The Balaban J connectivity index is 2.30. The second-order valence-corrected chi connectivity index (χ2v) is 4.42. The smallest absolute Gasteiger partial charge is 0.303 e. The summed E-state index contributed by atoms with van der Waals surface area (Å²) in [5.74, 6) is -0.717. The van der Waals surface area contributed by atoms with E-state index >= 15 is 0 Å². The summed E-state index contributed by atoms with van der Waals surface area (Å²) in [4.78, 5) is 22.3. The van der Waals surface area contributed by atoms with Gasteiger partial charge in [0, 0.05) is 13.8 Å². The molecule has 0 amide bonds. The lowest BCUT2D eigenvalue weighted by Crippen LogP contribution is -2.32. The number of hydrogen-bond donors (Lipinski definition) is 0. The van der Waals surface area contributed by atoms with E-state index in [-0.39, 0.29) is 18.0 Å². The van der Waals surface area contributed by atoms with Gasteiger partial charge in [-0.2, -0.15) is 0 Å². The maximum atomic E-state index is 11.2. The largest absolute Gasteiger partial charge is 0.458 e. The lowest BCUT2D eigenvalue weighted by atomic mass is 9.87. The highest BCUT2D eigenvalue weighted by molar-refractivity contribution is 5.67. The van der Waals surface area contributed by atoms with E-state index in [9.17, 15) is 9.59 Å². The van der Waals surface area contributed by atoms with Gasteiger partial charge in [0.05, 0.1) is 0 Å². The summed E-state index contributed by atoms with van der Waals surface area (Å²) >= 11 is 0. The third kappa shape index (κ3) is 2.70. The Labute approximate surface area is 106 Å². The molecule has 0 N–H and O–H groups in total. The molecule has 0 saturated heterocycles. The van der Waals surface area contributed by atoms with Gasteiger partial charge in [0.2, 0.25) is 0 Å². The fraction of sp³-hybridized carbons (Fsp3) is 0.429. The molecule has 0 spiro atoms. The number of hydrogen-bond acceptors (Lipinski definition) is 4. The minimum atomic E-state index is -0.489. The summed E-state index contributed by atoms with van der Waals surface area (Å²) in [5, 5.41) is 0. The molecule has 4 nitrogen and oxygen atoms in total. The Morgan fingerprint density at radius 2 is 1.78 bits per heavy atom. The van der Waals surface area contributed by atoms with Gasteiger partial charge < -0.3 is 9.47 Å². The summed E-state index contributed by atoms with van der Waals surface area (Å²) in [6.07, 6.45) is 0.623. The number of ether oxygens (including phenoxy) is 2. The van der Waals surface area contributed by atoms with Gasteiger partial charge in [-0.1, -0.05) is 24.3 Å². The molecular formula is C14H16O4. The Bertz CT molecular complexity index is 467. The quantitative estimate of drug-likeness (QED) is 0.753. The molecular weight excluding hydrogens is 232 g/mol. The molecule has 0 aromatic heterocycles. The third-order valence-electron chi connectivity index (χ3n) is 3.01. The van der Waals surface area contributed by atoms with Crippen molar-refractivity contribution in [1.82, 2.24) is 0 Å². The Kier molecular flexibility index (Phi) is 3.65. The van der Waals surface area contributed by atoms with Gasteiger partial charge in [-0.25, -0.2) is 0 Å². The molecule has 0 aliphatic heterocycles. The minimum Gasteiger partial charge on any atom is -0.458 e. The lowest BCUT2D eigenvalue weighted by Gasteiger charge is -2.32. The number of esters is 2. The van der Waals surface area contributed by atoms with E-state index in [2.05, 4.69) is 0 Å². The lowest BCUT2D eigenvalue weighted by molar-refractivity contribution is -0.167. The molecule has 1 aromatic carbocycles. The Morgan fingerprint density at radius 1 is 1.11 bits per heavy atom. The first kappa shape index (κ1) is 12.6. The molecule has 0 heterocycles. The van der Waals surface area contributed by atoms with Crippen molar-refractivity contribution in [2.75, 3.05) is 0 Å². The highest BCUT2D eigenvalue weighted by Gasteiger charge is 2.33. The average Bonchev–Trinajstić information content (AvgIpc) is 2.31. The van der Waals surface area contributed by atoms with Crippen molar-refractivity contribution in [1.29, 1.82) is 0 Å². The van der Waals surface area contributed by atoms with Crippen LogP contribution in [0, 0.1) is 0 Å². The van der Waals surface area contributed by atoms with Crippen LogP contribution >= 0.6 is 0 Å². The fourth-order valence-electron chi connectivity index (χ4n) is 2.34. The predicted octanol–water partition coefficient (Wildman–Crippen LogP) is 2.17. The van der Waals surface area contributed by atoms with Gasteiger partial charge in [0.25, 0.3) is 0 Å². The fourth-order valence-corrected chi connectivity index (χ4v) is 2.34. The summed E-state index contributed by atoms with van der Waals surface area (Å²) < 4.78 is 10.6. The van der Waals surface area contributed by atoms with Crippen LogP contribution in [0.1, 0.15) is 37.5 Å². The van der Waals surface area contributed by atoms with Crippen LogP contribution < -0.4 is 0 Å². The Hall–Kier alpha value is -1.84. The number of benzene rings is 1. The molecule has 0 saturated carbocycles.